The van der Waals surface area contributed by atoms with E-state index in [1.807, 2.05) is 20.8 Å². The first kappa shape index (κ1) is 18.5. The fourth-order valence-electron chi connectivity index (χ4n) is 6.06. The van der Waals surface area contributed by atoms with Crippen LogP contribution in [0.3, 0.4) is 0 Å². The molecule has 0 spiro atoms. The Morgan fingerprint density at radius 3 is 2.04 bits per heavy atom. The van der Waals surface area contributed by atoms with E-state index in [2.05, 4.69) is 6.58 Å². The fourth-order valence-corrected chi connectivity index (χ4v) is 6.06. The minimum atomic E-state index is -0.951. The number of ether oxygens (including phenoxy) is 3. The normalized spacial score (nSPS) is 44.9. The van der Waals surface area contributed by atoms with Crippen LogP contribution in [0, 0.1) is 28.6 Å². The number of hydrogen-bond acceptors (Lipinski definition) is 6. The molecule has 0 aliphatic heterocycles. The first-order valence-corrected chi connectivity index (χ1v) is 9.43. The lowest BCUT2D eigenvalue weighted by Gasteiger charge is -2.46. The third-order valence-corrected chi connectivity index (χ3v) is 6.66. The quantitative estimate of drug-likeness (QED) is 0.426. The summed E-state index contributed by atoms with van der Waals surface area (Å²) in [7, 11) is 0. The maximum absolute atomic E-state index is 12.0. The second-order valence-corrected chi connectivity index (χ2v) is 9.09. The van der Waals surface area contributed by atoms with E-state index < -0.39 is 52.9 Å². The lowest BCUT2D eigenvalue weighted by atomic mass is 9.67. The highest BCUT2D eigenvalue weighted by molar-refractivity contribution is 5.68. The van der Waals surface area contributed by atoms with Gasteiger partial charge in [-0.2, -0.15) is 0 Å². The summed E-state index contributed by atoms with van der Waals surface area (Å²) in [5, 5.41) is 0. The number of carbonyl (C=O) groups is 3. The van der Waals surface area contributed by atoms with Gasteiger partial charge in [0.2, 0.25) is 0 Å². The molecule has 0 N–H and O–H groups in total. The number of hydrogen-bond donors (Lipinski definition) is 0. The van der Waals surface area contributed by atoms with E-state index in [9.17, 15) is 15.8 Å². The van der Waals surface area contributed by atoms with Crippen molar-refractivity contribution in [2.24, 2.45) is 28.6 Å². The van der Waals surface area contributed by atoms with E-state index in [0.717, 1.165) is 5.57 Å². The van der Waals surface area contributed by atoms with Crippen LogP contribution < -0.4 is 0 Å². The molecule has 6 heteroatoms. The summed E-state index contributed by atoms with van der Waals surface area (Å²) < 4.78 is 26.3. The molecule has 0 aromatic carbocycles. The molecule has 6 nitrogen and oxygen atoms in total. The van der Waals surface area contributed by atoms with Crippen molar-refractivity contribution in [3.05, 3.63) is 12.2 Å². The van der Waals surface area contributed by atoms with Gasteiger partial charge in [0, 0.05) is 33.0 Å². The first-order valence-electron chi connectivity index (χ1n) is 9.93. The van der Waals surface area contributed by atoms with E-state index in [0.29, 0.717) is 12.8 Å². The zero-order valence-corrected chi connectivity index (χ0v) is 17.0. The van der Waals surface area contributed by atoms with Gasteiger partial charge in [0.1, 0.15) is 12.2 Å². The molecular weight excluding hydrogens is 348 g/mol. The van der Waals surface area contributed by atoms with Crippen molar-refractivity contribution in [1.29, 1.82) is 0 Å². The molecule has 3 saturated carbocycles. The molecule has 3 aliphatic carbocycles. The predicted octanol–water partition coefficient (Wildman–Crippen LogP) is 3.04. The van der Waals surface area contributed by atoms with Crippen LogP contribution in [0.25, 0.3) is 0 Å². The number of carbonyl (C=O) groups excluding carboxylic acids is 3. The number of esters is 3. The van der Waals surface area contributed by atoms with Crippen molar-refractivity contribution in [2.45, 2.75) is 72.7 Å². The second kappa shape index (κ2) is 6.35. The van der Waals surface area contributed by atoms with Crippen molar-refractivity contribution >= 4 is 17.9 Å². The van der Waals surface area contributed by atoms with Gasteiger partial charge in [-0.1, -0.05) is 32.9 Å². The summed E-state index contributed by atoms with van der Waals surface area (Å²) in [4.78, 5) is 35.9. The van der Waals surface area contributed by atoms with Gasteiger partial charge in [-0.25, -0.2) is 0 Å². The van der Waals surface area contributed by atoms with Crippen LogP contribution in [0.5, 0.6) is 0 Å². The van der Waals surface area contributed by atoms with E-state index >= 15 is 0 Å². The Labute approximate surface area is 162 Å². The zero-order chi connectivity index (χ0) is 21.2. The predicted molar refractivity (Wildman–Crippen MR) is 97.4 cm³/mol. The maximum atomic E-state index is 12.0. The van der Waals surface area contributed by atoms with Gasteiger partial charge >= 0.3 is 17.9 Å². The molecule has 0 unspecified atom stereocenters. The molecule has 7 atom stereocenters. The van der Waals surface area contributed by atoms with Gasteiger partial charge in [-0.3, -0.25) is 14.4 Å². The fraction of sp³-hybridized carbons (Fsp3) is 0.762. The van der Waals surface area contributed by atoms with Crippen LogP contribution in [0.2, 0.25) is 0 Å². The standard InChI is InChI=1S/C21H30O6/c1-10-8-14-9-21(7)15(10)16(14)20(5,6)18(26-12(3)23)17(25-11(2)22)19(21)27-13(4)24/h14-19H,1,8-9H2,2-7H3/t14-,15-,16+,17+,18+,19+,21-/m0/s1/i14D. The molecule has 3 rings (SSSR count). The smallest absolute Gasteiger partial charge is 0.303 e. The van der Waals surface area contributed by atoms with Crippen molar-refractivity contribution in [1.82, 2.24) is 0 Å². The Hall–Kier alpha value is -1.85. The van der Waals surface area contributed by atoms with Crippen LogP contribution in [0.4, 0.5) is 0 Å². The molecule has 3 aliphatic rings. The SMILES string of the molecule is [2H][C@@]12CC(=C)[C@H]3[C@@H]1C(C)(C)[C@H](OC(C)=O)[C@@H](OC(C)=O)[C@@H](OC(C)=O)[C@@]3(C)C2. The molecule has 0 heterocycles. The van der Waals surface area contributed by atoms with Gasteiger partial charge < -0.3 is 14.2 Å². The van der Waals surface area contributed by atoms with Gasteiger partial charge in [-0.15, -0.1) is 0 Å². The third kappa shape index (κ3) is 2.97. The van der Waals surface area contributed by atoms with Gasteiger partial charge in [0.15, 0.2) is 6.10 Å². The Morgan fingerprint density at radius 2 is 1.52 bits per heavy atom. The lowest BCUT2D eigenvalue weighted by molar-refractivity contribution is -0.206. The van der Waals surface area contributed by atoms with Crippen molar-refractivity contribution in [3.8, 4) is 0 Å². The molecule has 0 saturated heterocycles. The minimum absolute atomic E-state index is 0.0945. The molecule has 3 fully saturated rings. The van der Waals surface area contributed by atoms with E-state index in [1.54, 1.807) is 0 Å². The summed E-state index contributed by atoms with van der Waals surface area (Å²) in [5.41, 5.74) is -0.381. The van der Waals surface area contributed by atoms with Crippen LogP contribution in [0.15, 0.2) is 12.2 Å². The van der Waals surface area contributed by atoms with E-state index in [4.69, 9.17) is 14.2 Å². The summed E-state index contributed by atoms with van der Waals surface area (Å²) in [5.74, 6) is -2.61. The Kier molecular flexibility index (Phi) is 4.35. The topological polar surface area (TPSA) is 78.9 Å². The third-order valence-electron chi connectivity index (χ3n) is 6.66. The average molecular weight is 379 g/mol. The van der Waals surface area contributed by atoms with E-state index in [1.165, 1.54) is 20.8 Å². The highest BCUT2D eigenvalue weighted by Crippen LogP contribution is 2.70. The minimum Gasteiger partial charge on any atom is -0.458 e. The van der Waals surface area contributed by atoms with Crippen molar-refractivity contribution in [2.75, 3.05) is 0 Å². The van der Waals surface area contributed by atoms with E-state index in [-0.39, 0.29) is 11.8 Å². The summed E-state index contributed by atoms with van der Waals surface area (Å²) >= 11 is 0. The molecule has 150 valence electrons. The zero-order valence-electron chi connectivity index (χ0n) is 18.0. The molecule has 27 heavy (non-hydrogen) atoms. The van der Waals surface area contributed by atoms with Crippen LogP contribution >= 0.6 is 0 Å². The Bertz CT molecular complexity index is 745. The summed E-state index contributed by atoms with van der Waals surface area (Å²) in [6, 6.07) is 0. The second-order valence-electron chi connectivity index (χ2n) is 9.09. The highest BCUT2D eigenvalue weighted by Gasteiger charge is 2.71. The Balaban J connectivity index is 2.24. The number of rotatable bonds is 3. The molecule has 0 aromatic rings. The number of allylic oxidation sites excluding steroid dienone is 1. The van der Waals surface area contributed by atoms with Gasteiger partial charge in [0.25, 0.3) is 0 Å². The maximum Gasteiger partial charge on any atom is 0.303 e. The molecule has 0 radical (unpaired) electrons. The van der Waals surface area contributed by atoms with Crippen molar-refractivity contribution < 1.29 is 30.0 Å². The molecule has 0 amide bonds. The lowest BCUT2D eigenvalue weighted by Crippen LogP contribution is -2.56. The largest absolute Gasteiger partial charge is 0.458 e. The molecule has 4 bridgehead atoms. The Morgan fingerprint density at radius 1 is 1.00 bits per heavy atom. The van der Waals surface area contributed by atoms with Crippen LogP contribution in [0.1, 0.15) is 55.8 Å². The van der Waals surface area contributed by atoms with Crippen molar-refractivity contribution in [3.63, 3.8) is 0 Å². The summed E-state index contributed by atoms with van der Waals surface area (Å²) in [6.45, 7) is 14.0. The highest BCUT2D eigenvalue weighted by atomic mass is 16.6. The van der Waals surface area contributed by atoms with Gasteiger partial charge in [-0.05, 0) is 30.6 Å². The first-order chi connectivity index (χ1) is 12.7. The molecular formula is C21H30O6. The van der Waals surface area contributed by atoms with Crippen LogP contribution in [-0.2, 0) is 28.6 Å². The summed E-state index contributed by atoms with van der Waals surface area (Å²) in [6.07, 6.45) is -1.56. The van der Waals surface area contributed by atoms with Crippen LogP contribution in [-0.4, -0.2) is 36.2 Å². The monoisotopic (exact) mass is 379 g/mol. The average Bonchev–Trinajstić information content (AvgIpc) is 2.89. The molecule has 0 aromatic heterocycles. The van der Waals surface area contributed by atoms with Gasteiger partial charge in [0.05, 0.1) is 0 Å².